The average molecular weight is 398 g/mol. The highest BCUT2D eigenvalue weighted by atomic mass is 32.2. The summed E-state index contributed by atoms with van der Waals surface area (Å²) in [4.78, 5) is 12.3. The molecule has 0 spiro atoms. The number of amides is 1. The number of hydrogen-bond donors (Lipinski definition) is 1. The van der Waals surface area contributed by atoms with Crippen molar-refractivity contribution < 1.29 is 9.53 Å². The van der Waals surface area contributed by atoms with Gasteiger partial charge in [0, 0.05) is 0 Å². The molecule has 1 saturated heterocycles. The molecule has 0 aliphatic carbocycles. The van der Waals surface area contributed by atoms with Crippen LogP contribution in [0.3, 0.4) is 0 Å². The van der Waals surface area contributed by atoms with Crippen molar-refractivity contribution in [2.45, 2.75) is 39.2 Å². The van der Waals surface area contributed by atoms with Crippen molar-refractivity contribution in [1.82, 2.24) is 5.32 Å². The van der Waals surface area contributed by atoms with Crippen molar-refractivity contribution in [1.29, 1.82) is 0 Å². The van der Waals surface area contributed by atoms with Gasteiger partial charge in [-0.05, 0) is 46.7 Å². The Morgan fingerprint density at radius 2 is 1.78 bits per heavy atom. The van der Waals surface area contributed by atoms with E-state index in [0.29, 0.717) is 15.8 Å². The molecule has 3 rings (SSSR count). The van der Waals surface area contributed by atoms with Gasteiger partial charge in [-0.1, -0.05) is 81.1 Å². The van der Waals surface area contributed by atoms with Crippen LogP contribution in [-0.4, -0.2) is 10.2 Å². The topological polar surface area (TPSA) is 38.3 Å². The third kappa shape index (κ3) is 4.99. The SMILES string of the molecule is CCC(C)(C)c1ccc(OCc2ccc(C=C3SC(=S)NC3=O)cc2)cc1. The maximum Gasteiger partial charge on any atom is 0.263 e. The summed E-state index contributed by atoms with van der Waals surface area (Å²) in [5.74, 6) is 0.733. The van der Waals surface area contributed by atoms with Crippen LogP contribution in [0.25, 0.3) is 6.08 Å². The first-order valence-electron chi connectivity index (χ1n) is 8.94. The summed E-state index contributed by atoms with van der Waals surface area (Å²) in [5.41, 5.74) is 3.55. The van der Waals surface area contributed by atoms with Crippen molar-refractivity contribution in [2.24, 2.45) is 0 Å². The molecule has 3 nitrogen and oxygen atoms in total. The molecule has 0 unspecified atom stereocenters. The van der Waals surface area contributed by atoms with Crippen molar-refractivity contribution in [2.75, 3.05) is 0 Å². The molecule has 1 aliphatic heterocycles. The van der Waals surface area contributed by atoms with E-state index in [9.17, 15) is 4.79 Å². The zero-order chi connectivity index (χ0) is 19.4. The van der Waals surface area contributed by atoms with E-state index in [4.69, 9.17) is 17.0 Å². The average Bonchev–Trinajstić information content (AvgIpc) is 2.98. The van der Waals surface area contributed by atoms with Gasteiger partial charge in [-0.15, -0.1) is 0 Å². The number of rotatable bonds is 6. The lowest BCUT2D eigenvalue weighted by atomic mass is 9.82. The van der Waals surface area contributed by atoms with Crippen LogP contribution in [0, 0.1) is 0 Å². The Labute approximate surface area is 170 Å². The Bertz CT molecular complexity index is 868. The van der Waals surface area contributed by atoms with E-state index in [1.54, 1.807) is 0 Å². The van der Waals surface area contributed by atoms with Crippen LogP contribution in [0.2, 0.25) is 0 Å². The van der Waals surface area contributed by atoms with Crippen molar-refractivity contribution in [3.05, 3.63) is 70.1 Å². The first-order valence-corrected chi connectivity index (χ1v) is 10.2. The zero-order valence-electron chi connectivity index (χ0n) is 15.7. The summed E-state index contributed by atoms with van der Waals surface area (Å²) in [7, 11) is 0. The van der Waals surface area contributed by atoms with E-state index in [1.807, 2.05) is 42.5 Å². The molecule has 27 heavy (non-hydrogen) atoms. The van der Waals surface area contributed by atoms with Crippen LogP contribution in [-0.2, 0) is 16.8 Å². The number of carbonyl (C=O) groups is 1. The van der Waals surface area contributed by atoms with E-state index in [2.05, 4.69) is 38.2 Å². The number of thiocarbonyl (C=S) groups is 1. The minimum Gasteiger partial charge on any atom is -0.489 e. The summed E-state index contributed by atoms with van der Waals surface area (Å²) in [6, 6.07) is 16.3. The predicted molar refractivity (Wildman–Crippen MR) is 117 cm³/mol. The number of benzene rings is 2. The third-order valence-corrected chi connectivity index (χ3v) is 6.01. The number of nitrogens with one attached hydrogen (secondary N) is 1. The Kier molecular flexibility index (Phi) is 6.02. The maximum atomic E-state index is 11.7. The fourth-order valence-corrected chi connectivity index (χ4v) is 3.70. The molecule has 140 valence electrons. The lowest BCUT2D eigenvalue weighted by Crippen LogP contribution is -2.17. The quantitative estimate of drug-likeness (QED) is 0.520. The van der Waals surface area contributed by atoms with Crippen LogP contribution in [0.15, 0.2) is 53.4 Å². The van der Waals surface area contributed by atoms with Crippen LogP contribution < -0.4 is 10.1 Å². The molecule has 2 aromatic rings. The Hall–Kier alpha value is -2.11. The van der Waals surface area contributed by atoms with Crippen molar-refractivity contribution in [3.63, 3.8) is 0 Å². The zero-order valence-corrected chi connectivity index (χ0v) is 17.4. The molecule has 0 atom stereocenters. The van der Waals surface area contributed by atoms with Crippen LogP contribution in [0.4, 0.5) is 0 Å². The summed E-state index contributed by atoms with van der Waals surface area (Å²) in [6.07, 6.45) is 2.94. The number of ether oxygens (including phenoxy) is 1. The first kappa shape index (κ1) is 19.6. The summed E-state index contributed by atoms with van der Waals surface area (Å²) < 4.78 is 6.40. The number of carbonyl (C=O) groups excluding carboxylic acids is 1. The lowest BCUT2D eigenvalue weighted by molar-refractivity contribution is -0.115. The monoisotopic (exact) mass is 397 g/mol. The van der Waals surface area contributed by atoms with Gasteiger partial charge in [-0.3, -0.25) is 4.79 Å². The molecule has 1 aliphatic rings. The van der Waals surface area contributed by atoms with Gasteiger partial charge in [-0.25, -0.2) is 0 Å². The first-order chi connectivity index (χ1) is 12.9. The maximum absolute atomic E-state index is 11.7. The van der Waals surface area contributed by atoms with Gasteiger partial charge in [0.2, 0.25) is 0 Å². The van der Waals surface area contributed by atoms with E-state index < -0.39 is 0 Å². The second kappa shape index (κ2) is 8.28. The Balaban J connectivity index is 1.60. The minimum absolute atomic E-state index is 0.132. The van der Waals surface area contributed by atoms with E-state index in [1.165, 1.54) is 17.3 Å². The molecular formula is C22H23NO2S2. The van der Waals surface area contributed by atoms with Gasteiger partial charge in [0.1, 0.15) is 16.7 Å². The molecule has 1 heterocycles. The summed E-state index contributed by atoms with van der Waals surface area (Å²) in [5, 5.41) is 2.62. The van der Waals surface area contributed by atoms with E-state index in [0.717, 1.165) is 23.3 Å². The highest BCUT2D eigenvalue weighted by molar-refractivity contribution is 8.26. The van der Waals surface area contributed by atoms with Gasteiger partial charge in [0.15, 0.2) is 0 Å². The smallest absolute Gasteiger partial charge is 0.263 e. The standard InChI is InChI=1S/C22H23NO2S2/c1-4-22(2,3)17-9-11-18(12-10-17)25-14-16-7-5-15(6-8-16)13-19-20(24)23-21(26)27-19/h5-13H,4,14H2,1-3H3,(H,23,24,26). The second-order valence-electron chi connectivity index (χ2n) is 7.14. The van der Waals surface area contributed by atoms with Gasteiger partial charge in [-0.2, -0.15) is 0 Å². The summed E-state index contributed by atoms with van der Waals surface area (Å²) >= 11 is 6.29. The van der Waals surface area contributed by atoms with Crippen molar-refractivity contribution >= 4 is 40.3 Å². The number of hydrogen-bond acceptors (Lipinski definition) is 4. The molecule has 0 saturated carbocycles. The van der Waals surface area contributed by atoms with Crippen LogP contribution >= 0.6 is 24.0 Å². The van der Waals surface area contributed by atoms with Gasteiger partial charge < -0.3 is 10.1 Å². The van der Waals surface area contributed by atoms with E-state index >= 15 is 0 Å². The minimum atomic E-state index is -0.132. The fourth-order valence-electron chi connectivity index (χ4n) is 2.66. The highest BCUT2D eigenvalue weighted by Crippen LogP contribution is 2.28. The van der Waals surface area contributed by atoms with E-state index in [-0.39, 0.29) is 11.3 Å². The second-order valence-corrected chi connectivity index (χ2v) is 8.86. The molecule has 0 bridgehead atoms. The predicted octanol–water partition coefficient (Wildman–Crippen LogP) is 5.44. The normalized spacial score (nSPS) is 15.9. The van der Waals surface area contributed by atoms with Gasteiger partial charge in [0.25, 0.3) is 5.91 Å². The molecular weight excluding hydrogens is 374 g/mol. The molecule has 1 amide bonds. The molecule has 1 N–H and O–H groups in total. The van der Waals surface area contributed by atoms with Gasteiger partial charge in [0.05, 0.1) is 4.91 Å². The molecule has 2 aromatic carbocycles. The molecule has 0 radical (unpaired) electrons. The molecule has 0 aromatic heterocycles. The third-order valence-electron chi connectivity index (χ3n) is 4.84. The lowest BCUT2D eigenvalue weighted by Gasteiger charge is -2.23. The highest BCUT2D eigenvalue weighted by Gasteiger charge is 2.21. The Morgan fingerprint density at radius 1 is 1.11 bits per heavy atom. The largest absolute Gasteiger partial charge is 0.489 e. The number of thioether (sulfide) groups is 1. The van der Waals surface area contributed by atoms with Crippen LogP contribution in [0.1, 0.15) is 43.9 Å². The van der Waals surface area contributed by atoms with Crippen LogP contribution in [0.5, 0.6) is 5.75 Å². The Morgan fingerprint density at radius 3 is 2.33 bits per heavy atom. The van der Waals surface area contributed by atoms with Gasteiger partial charge >= 0.3 is 0 Å². The molecule has 1 fully saturated rings. The summed E-state index contributed by atoms with van der Waals surface area (Å²) in [6.45, 7) is 7.21. The molecule has 5 heteroatoms. The fraction of sp³-hybridized carbons (Fsp3) is 0.273. The van der Waals surface area contributed by atoms with Crippen molar-refractivity contribution in [3.8, 4) is 5.75 Å².